The van der Waals surface area contributed by atoms with Crippen molar-refractivity contribution in [2.75, 3.05) is 0 Å². The molecule has 5 heteroatoms. The fourth-order valence-electron chi connectivity index (χ4n) is 5.02. The highest BCUT2D eigenvalue weighted by Crippen LogP contribution is 2.35. The molecule has 0 saturated heterocycles. The van der Waals surface area contributed by atoms with E-state index in [0.717, 1.165) is 5.56 Å². The van der Waals surface area contributed by atoms with Crippen LogP contribution in [0.4, 0.5) is 0 Å². The van der Waals surface area contributed by atoms with Crippen LogP contribution in [0.25, 0.3) is 0 Å². The fraction of sp³-hybridized carbons (Fsp3) is 0.351. The second-order valence-corrected chi connectivity index (χ2v) is 16.7. The minimum atomic E-state index is -4.45. The third-order valence-corrected chi connectivity index (χ3v) is 11.2. The summed E-state index contributed by atoms with van der Waals surface area (Å²) in [5, 5.41) is 4.32. The van der Waals surface area contributed by atoms with Crippen molar-refractivity contribution in [3.05, 3.63) is 119 Å². The van der Waals surface area contributed by atoms with Crippen LogP contribution >= 0.6 is 7.92 Å². The molecule has 4 aromatic carbocycles. The molecule has 0 heterocycles. The van der Waals surface area contributed by atoms with Crippen LogP contribution in [-0.2, 0) is 15.5 Å². The van der Waals surface area contributed by atoms with Gasteiger partial charge in [0.25, 0.3) is 0 Å². The van der Waals surface area contributed by atoms with E-state index < -0.39 is 18.0 Å². The van der Waals surface area contributed by atoms with Crippen molar-refractivity contribution in [3.63, 3.8) is 0 Å². The maximum absolute atomic E-state index is 11.6. The van der Waals surface area contributed by atoms with Crippen LogP contribution in [0, 0.1) is 0 Å². The Morgan fingerprint density at radius 2 is 0.976 bits per heavy atom. The predicted molar refractivity (Wildman–Crippen MR) is 182 cm³/mol. The zero-order chi connectivity index (χ0) is 31.2. The summed E-state index contributed by atoms with van der Waals surface area (Å²) in [7, 11) is -5.39. The Labute approximate surface area is 255 Å². The zero-order valence-corrected chi connectivity index (χ0v) is 28.4. The smallest absolute Gasteiger partial charge is 0.124 e. The van der Waals surface area contributed by atoms with Gasteiger partial charge in [0, 0.05) is 0 Å². The Bertz CT molecular complexity index is 1470. The van der Waals surface area contributed by atoms with Gasteiger partial charge >= 0.3 is 0 Å². The molecule has 0 unspecified atom stereocenters. The van der Waals surface area contributed by atoms with Crippen molar-refractivity contribution >= 4 is 34.0 Å². The van der Waals surface area contributed by atoms with Crippen LogP contribution < -0.4 is 15.9 Å². The zero-order valence-electron chi connectivity index (χ0n) is 26.6. The van der Waals surface area contributed by atoms with Gasteiger partial charge in [-0.2, -0.15) is 0 Å². The minimum absolute atomic E-state index is 0.00919. The van der Waals surface area contributed by atoms with Gasteiger partial charge in [0.2, 0.25) is 0 Å². The standard InChI is InChI=1S/C22H23P.C15H24O3S/c1-22(2,3)18-14-16-21(17-15-18)23(19-10-6-4-7-11-19)20-12-8-5-9-13-20;1-9(2)12-7-13(10(3)4)15(19(16,17)18)14(8-12)11(5)6/h4-17H,1-3H3;7-11H,1-6H3,(H,16,17,18). The van der Waals surface area contributed by atoms with Crippen LogP contribution in [0.15, 0.2) is 102 Å². The molecule has 0 radical (unpaired) electrons. The lowest BCUT2D eigenvalue weighted by atomic mass is 9.87. The van der Waals surface area contributed by atoms with Crippen LogP contribution in [0.5, 0.6) is 0 Å². The quantitative estimate of drug-likeness (QED) is 0.158. The average Bonchev–Trinajstić information content (AvgIpc) is 2.93. The molecule has 224 valence electrons. The first kappa shape index (κ1) is 33.7. The van der Waals surface area contributed by atoms with E-state index >= 15 is 0 Å². The topological polar surface area (TPSA) is 57.2 Å². The SMILES string of the molecule is CC(C)(C)c1ccc([PH+](c2ccccc2)c2ccccc2)cc1.CC(C)c1cc(C(C)C)c(S(=O)(=O)[O-])c(C(C)C)c1. The molecule has 42 heavy (non-hydrogen) atoms. The lowest BCUT2D eigenvalue weighted by molar-refractivity contribution is 0.459. The molecule has 0 amide bonds. The number of hydrogen-bond donors (Lipinski definition) is 0. The molecule has 0 saturated carbocycles. The van der Waals surface area contributed by atoms with Gasteiger partial charge in [-0.05, 0) is 81.8 Å². The van der Waals surface area contributed by atoms with Gasteiger partial charge in [-0.15, -0.1) is 0 Å². The first-order valence-electron chi connectivity index (χ1n) is 14.8. The molecule has 0 spiro atoms. The van der Waals surface area contributed by atoms with E-state index in [2.05, 4.69) is 120 Å². The van der Waals surface area contributed by atoms with E-state index in [-0.39, 0.29) is 22.1 Å². The van der Waals surface area contributed by atoms with E-state index in [1.54, 1.807) is 0 Å². The third-order valence-electron chi connectivity index (χ3n) is 7.49. The van der Waals surface area contributed by atoms with E-state index in [0.29, 0.717) is 17.0 Å². The molecular formula is C37H47O3PS. The second-order valence-electron chi connectivity index (χ2n) is 12.9. The maximum Gasteiger partial charge on any atom is 0.124 e. The second kappa shape index (κ2) is 14.1. The predicted octanol–water partition coefficient (Wildman–Crippen LogP) is 8.44. The van der Waals surface area contributed by atoms with Crippen molar-refractivity contribution < 1.29 is 13.0 Å². The Kier molecular flexibility index (Phi) is 11.3. The molecule has 0 aromatic heterocycles. The van der Waals surface area contributed by atoms with E-state index in [4.69, 9.17) is 0 Å². The lowest BCUT2D eigenvalue weighted by Crippen LogP contribution is -2.21. The number of rotatable bonds is 7. The van der Waals surface area contributed by atoms with Gasteiger partial charge in [-0.1, -0.05) is 123 Å². The molecule has 0 aliphatic rings. The highest BCUT2D eigenvalue weighted by molar-refractivity contribution is 7.85. The Morgan fingerprint density at radius 3 is 1.29 bits per heavy atom. The number of benzene rings is 4. The van der Waals surface area contributed by atoms with E-state index in [1.807, 2.05) is 39.8 Å². The summed E-state index contributed by atoms with van der Waals surface area (Å²) in [6.07, 6.45) is 0. The number of hydrogen-bond acceptors (Lipinski definition) is 3. The van der Waals surface area contributed by atoms with Crippen molar-refractivity contribution in [3.8, 4) is 0 Å². The molecule has 0 bridgehead atoms. The molecule has 0 N–H and O–H groups in total. The van der Waals surface area contributed by atoms with Gasteiger partial charge in [0.05, 0.1) is 12.8 Å². The summed E-state index contributed by atoms with van der Waals surface area (Å²) in [4.78, 5) is -0.0121. The highest BCUT2D eigenvalue weighted by Gasteiger charge is 2.26. The van der Waals surface area contributed by atoms with Gasteiger partial charge in [-0.3, -0.25) is 0 Å². The van der Waals surface area contributed by atoms with Crippen molar-refractivity contribution in [1.29, 1.82) is 0 Å². The highest BCUT2D eigenvalue weighted by atomic mass is 32.2. The lowest BCUT2D eigenvalue weighted by Gasteiger charge is -2.24. The summed E-state index contributed by atoms with van der Waals surface area (Å²) in [5.41, 5.74) is 3.96. The Morgan fingerprint density at radius 1 is 0.595 bits per heavy atom. The van der Waals surface area contributed by atoms with Gasteiger partial charge in [0.15, 0.2) is 0 Å². The van der Waals surface area contributed by atoms with Crippen LogP contribution in [0.3, 0.4) is 0 Å². The Balaban J connectivity index is 0.000000236. The largest absolute Gasteiger partial charge is 0.744 e. The van der Waals surface area contributed by atoms with Crippen molar-refractivity contribution in [1.82, 2.24) is 0 Å². The Hall–Kier alpha value is -2.78. The van der Waals surface area contributed by atoms with Crippen molar-refractivity contribution in [2.24, 2.45) is 0 Å². The summed E-state index contributed by atoms with van der Waals surface area (Å²) in [6.45, 7) is 18.6. The minimum Gasteiger partial charge on any atom is -0.744 e. The molecule has 3 nitrogen and oxygen atoms in total. The molecule has 0 atom stereocenters. The first-order valence-corrected chi connectivity index (χ1v) is 17.7. The summed E-state index contributed by atoms with van der Waals surface area (Å²) >= 11 is 0. The molecule has 0 aliphatic heterocycles. The molecule has 4 rings (SSSR count). The van der Waals surface area contributed by atoms with Crippen LogP contribution in [0.1, 0.15) is 102 Å². The monoisotopic (exact) mass is 602 g/mol. The van der Waals surface area contributed by atoms with E-state index in [9.17, 15) is 13.0 Å². The third kappa shape index (κ3) is 8.63. The van der Waals surface area contributed by atoms with Crippen molar-refractivity contribution in [2.45, 2.75) is 90.4 Å². The van der Waals surface area contributed by atoms with Gasteiger partial charge < -0.3 is 4.55 Å². The van der Waals surface area contributed by atoms with Gasteiger partial charge in [-0.25, -0.2) is 8.42 Å². The fourth-order valence-corrected chi connectivity index (χ4v) is 8.74. The van der Waals surface area contributed by atoms with Gasteiger partial charge in [0.1, 0.15) is 26.0 Å². The summed E-state index contributed by atoms with van der Waals surface area (Å²) in [5.74, 6) is 0.322. The summed E-state index contributed by atoms with van der Waals surface area (Å²) in [6, 6.07) is 34.8. The molecular weight excluding hydrogens is 555 g/mol. The average molecular weight is 603 g/mol. The molecule has 4 aromatic rings. The molecule has 0 fully saturated rings. The first-order chi connectivity index (χ1) is 19.6. The summed E-state index contributed by atoms with van der Waals surface area (Å²) < 4.78 is 34.8. The maximum atomic E-state index is 11.6. The van der Waals surface area contributed by atoms with Crippen LogP contribution in [0.2, 0.25) is 0 Å². The normalized spacial score (nSPS) is 12.1. The van der Waals surface area contributed by atoms with E-state index in [1.165, 1.54) is 21.5 Å². The van der Waals surface area contributed by atoms with Crippen LogP contribution in [-0.4, -0.2) is 13.0 Å². The molecule has 0 aliphatic carbocycles.